The molecule has 1 heterocycles. The van der Waals surface area contributed by atoms with Crippen LogP contribution >= 0.6 is 35.6 Å². The first kappa shape index (κ1) is 22.4. The normalized spacial score (nSPS) is 12.0. The molecule has 1 aromatic heterocycles. The van der Waals surface area contributed by atoms with Gasteiger partial charge in [-0.05, 0) is 42.3 Å². The van der Waals surface area contributed by atoms with Crippen LogP contribution in [0.25, 0.3) is 11.0 Å². The summed E-state index contributed by atoms with van der Waals surface area (Å²) < 4.78 is 3.79. The summed E-state index contributed by atoms with van der Waals surface area (Å²) in [6.07, 6.45) is -0.808. The Labute approximate surface area is 191 Å². The Morgan fingerprint density at radius 1 is 0.900 bits per heavy atom. The number of nitrogens with zero attached hydrogens (tertiary/aromatic N) is 2. The molecule has 0 amide bonds. The lowest BCUT2D eigenvalue weighted by atomic mass is 10.1. The molecular weight excluding hydrogens is 441 g/mol. The number of fused-ring (bicyclic) bond motifs is 1. The number of para-hydroxylation sites is 2. The van der Waals surface area contributed by atoms with E-state index in [9.17, 15) is 5.11 Å². The molecule has 156 valence electrons. The smallest absolute Gasteiger partial charge is 0.203 e. The van der Waals surface area contributed by atoms with E-state index in [1.54, 1.807) is 18.2 Å². The Kier molecular flexibility index (Phi) is 6.94. The minimum absolute atomic E-state index is 0. The third-order valence-electron chi connectivity index (χ3n) is 5.12. The van der Waals surface area contributed by atoms with Gasteiger partial charge in [-0.2, -0.15) is 0 Å². The largest absolute Gasteiger partial charge is 0.387 e. The number of aliphatic hydroxyl groups is 1. The standard InChI is InChI=1S/C23H21Cl2N3O.ClH/c1-15-6-8-16(9-7-15)13-27-20-4-2-3-5-21(20)28(23(27)26)14-22(29)17-10-11-18(24)19(25)12-17;/h2-12,22,26,29H,13-14H2,1H3;1H. The highest BCUT2D eigenvalue weighted by atomic mass is 35.5. The predicted molar refractivity (Wildman–Crippen MR) is 125 cm³/mol. The number of hydrogen-bond acceptors (Lipinski definition) is 2. The van der Waals surface area contributed by atoms with E-state index in [2.05, 4.69) is 31.2 Å². The van der Waals surface area contributed by atoms with Crippen LogP contribution in [0.5, 0.6) is 0 Å². The predicted octanol–water partition coefficient (Wildman–Crippen LogP) is 5.74. The Hall–Kier alpha value is -2.24. The molecule has 1 unspecified atom stereocenters. The van der Waals surface area contributed by atoms with E-state index < -0.39 is 6.10 Å². The van der Waals surface area contributed by atoms with E-state index in [1.165, 1.54) is 5.56 Å². The van der Waals surface area contributed by atoms with Crippen molar-refractivity contribution in [1.29, 1.82) is 5.41 Å². The molecule has 0 saturated carbocycles. The number of hydrogen-bond donors (Lipinski definition) is 2. The van der Waals surface area contributed by atoms with Crippen LogP contribution in [-0.4, -0.2) is 14.2 Å². The number of aliphatic hydroxyl groups excluding tert-OH is 1. The lowest BCUT2D eigenvalue weighted by Gasteiger charge is -2.13. The van der Waals surface area contributed by atoms with Gasteiger partial charge in [0.15, 0.2) is 0 Å². The van der Waals surface area contributed by atoms with Crippen LogP contribution in [0.1, 0.15) is 22.8 Å². The summed E-state index contributed by atoms with van der Waals surface area (Å²) in [6, 6.07) is 21.3. The highest BCUT2D eigenvalue weighted by Crippen LogP contribution is 2.27. The molecule has 4 rings (SSSR count). The van der Waals surface area contributed by atoms with Crippen molar-refractivity contribution in [2.24, 2.45) is 0 Å². The summed E-state index contributed by atoms with van der Waals surface area (Å²) in [4.78, 5) is 0. The molecule has 0 aliphatic carbocycles. The molecule has 3 aromatic carbocycles. The number of halogens is 3. The van der Waals surface area contributed by atoms with Gasteiger partial charge in [0.05, 0.1) is 40.3 Å². The van der Waals surface area contributed by atoms with Crippen LogP contribution < -0.4 is 5.62 Å². The fourth-order valence-corrected chi connectivity index (χ4v) is 3.82. The summed E-state index contributed by atoms with van der Waals surface area (Å²) in [5.74, 6) is 0. The van der Waals surface area contributed by atoms with Crippen LogP contribution in [0.4, 0.5) is 0 Å². The first-order valence-corrected chi connectivity index (χ1v) is 10.1. The Morgan fingerprint density at radius 3 is 2.17 bits per heavy atom. The van der Waals surface area contributed by atoms with Gasteiger partial charge < -0.3 is 14.2 Å². The van der Waals surface area contributed by atoms with Gasteiger partial charge in [0.2, 0.25) is 5.62 Å². The summed E-state index contributed by atoms with van der Waals surface area (Å²) >= 11 is 12.1. The number of aryl methyl sites for hydroxylation is 1. The summed E-state index contributed by atoms with van der Waals surface area (Å²) in [6.45, 7) is 2.90. The van der Waals surface area contributed by atoms with Gasteiger partial charge in [-0.25, -0.2) is 0 Å². The van der Waals surface area contributed by atoms with Gasteiger partial charge in [-0.15, -0.1) is 12.4 Å². The van der Waals surface area contributed by atoms with Crippen LogP contribution in [0.2, 0.25) is 10.0 Å². The van der Waals surface area contributed by atoms with Crippen LogP contribution in [0.3, 0.4) is 0 Å². The van der Waals surface area contributed by atoms with Crippen molar-refractivity contribution in [2.75, 3.05) is 0 Å². The molecule has 7 heteroatoms. The first-order valence-electron chi connectivity index (χ1n) is 9.35. The molecule has 0 saturated heterocycles. The van der Waals surface area contributed by atoms with E-state index in [0.29, 0.717) is 27.8 Å². The van der Waals surface area contributed by atoms with Crippen molar-refractivity contribution in [3.05, 3.63) is 99.1 Å². The molecule has 0 aliphatic heterocycles. The van der Waals surface area contributed by atoms with Crippen molar-refractivity contribution < 1.29 is 5.11 Å². The Bertz CT molecular complexity index is 1230. The number of imidazole rings is 1. The van der Waals surface area contributed by atoms with Crippen molar-refractivity contribution in [3.63, 3.8) is 0 Å². The molecule has 0 aliphatic rings. The second-order valence-electron chi connectivity index (χ2n) is 7.18. The molecule has 0 bridgehead atoms. The molecule has 0 fully saturated rings. The fraction of sp³-hybridized carbons (Fsp3) is 0.174. The third-order valence-corrected chi connectivity index (χ3v) is 5.86. The van der Waals surface area contributed by atoms with Crippen LogP contribution in [0, 0.1) is 12.3 Å². The molecule has 30 heavy (non-hydrogen) atoms. The van der Waals surface area contributed by atoms with E-state index >= 15 is 0 Å². The zero-order chi connectivity index (χ0) is 20.5. The summed E-state index contributed by atoms with van der Waals surface area (Å²) in [5, 5.41) is 20.4. The molecule has 4 nitrogen and oxygen atoms in total. The van der Waals surface area contributed by atoms with Crippen LogP contribution in [0.15, 0.2) is 66.7 Å². The minimum atomic E-state index is -0.808. The minimum Gasteiger partial charge on any atom is -0.387 e. The van der Waals surface area contributed by atoms with E-state index in [4.69, 9.17) is 28.6 Å². The third kappa shape index (κ3) is 4.42. The quantitative estimate of drug-likeness (QED) is 0.390. The van der Waals surface area contributed by atoms with Gasteiger partial charge >= 0.3 is 0 Å². The average Bonchev–Trinajstić information content (AvgIpc) is 2.97. The maximum atomic E-state index is 10.8. The van der Waals surface area contributed by atoms with Crippen LogP contribution in [-0.2, 0) is 13.1 Å². The molecular formula is C23H22Cl3N3O. The van der Waals surface area contributed by atoms with Gasteiger partial charge in [0.1, 0.15) is 0 Å². The fourth-order valence-electron chi connectivity index (χ4n) is 3.51. The lowest BCUT2D eigenvalue weighted by Crippen LogP contribution is -2.27. The van der Waals surface area contributed by atoms with Gasteiger partial charge in [-0.1, -0.05) is 71.2 Å². The maximum absolute atomic E-state index is 10.8. The summed E-state index contributed by atoms with van der Waals surface area (Å²) in [7, 11) is 0. The van der Waals surface area contributed by atoms with E-state index in [1.807, 2.05) is 33.4 Å². The Morgan fingerprint density at radius 2 is 1.53 bits per heavy atom. The number of benzene rings is 3. The molecule has 1 atom stereocenters. The second kappa shape index (κ2) is 9.27. The SMILES string of the molecule is Cc1ccc(Cn2c(=N)n(CC(O)c3ccc(Cl)c(Cl)c3)c3ccccc32)cc1.Cl. The molecule has 0 spiro atoms. The number of nitrogens with one attached hydrogen (secondary N) is 1. The molecule has 0 radical (unpaired) electrons. The highest BCUT2D eigenvalue weighted by molar-refractivity contribution is 6.42. The van der Waals surface area contributed by atoms with E-state index in [0.717, 1.165) is 16.6 Å². The average molecular weight is 463 g/mol. The maximum Gasteiger partial charge on any atom is 0.203 e. The van der Waals surface area contributed by atoms with Gasteiger partial charge in [0, 0.05) is 0 Å². The molecule has 4 aromatic rings. The van der Waals surface area contributed by atoms with Crippen molar-refractivity contribution in [2.45, 2.75) is 26.1 Å². The second-order valence-corrected chi connectivity index (χ2v) is 8.00. The zero-order valence-corrected chi connectivity index (χ0v) is 18.7. The molecule has 2 N–H and O–H groups in total. The first-order chi connectivity index (χ1) is 13.9. The monoisotopic (exact) mass is 461 g/mol. The number of aromatic nitrogens is 2. The topological polar surface area (TPSA) is 53.9 Å². The van der Waals surface area contributed by atoms with Crippen molar-refractivity contribution >= 4 is 46.6 Å². The van der Waals surface area contributed by atoms with E-state index in [-0.39, 0.29) is 19.0 Å². The van der Waals surface area contributed by atoms with Crippen molar-refractivity contribution in [3.8, 4) is 0 Å². The highest BCUT2D eigenvalue weighted by Gasteiger charge is 2.16. The number of rotatable bonds is 5. The van der Waals surface area contributed by atoms with Crippen molar-refractivity contribution in [1.82, 2.24) is 9.13 Å². The summed E-state index contributed by atoms with van der Waals surface area (Å²) in [5.41, 5.74) is 5.20. The Balaban J connectivity index is 0.00000256. The van der Waals surface area contributed by atoms with Gasteiger partial charge in [0.25, 0.3) is 0 Å². The zero-order valence-electron chi connectivity index (χ0n) is 16.3. The lowest BCUT2D eigenvalue weighted by molar-refractivity contribution is 0.156. The van der Waals surface area contributed by atoms with Gasteiger partial charge in [-0.3, -0.25) is 5.41 Å².